The highest BCUT2D eigenvalue weighted by atomic mass is 19.4. The molecule has 0 amide bonds. The number of aryl methyl sites for hydroxylation is 1. The van der Waals surface area contributed by atoms with E-state index in [2.05, 4.69) is 10.2 Å². The SMILES string of the molecule is Cc1ccc(-n2[nH]c(C(F)(F)F)cc2=O)nn1. The highest BCUT2D eigenvalue weighted by molar-refractivity contribution is 5.21. The summed E-state index contributed by atoms with van der Waals surface area (Å²) >= 11 is 0. The van der Waals surface area contributed by atoms with Crippen LogP contribution in [0.1, 0.15) is 11.4 Å². The first-order chi connectivity index (χ1) is 7.88. The number of rotatable bonds is 1. The van der Waals surface area contributed by atoms with E-state index in [1.165, 1.54) is 6.07 Å². The van der Waals surface area contributed by atoms with Crippen molar-refractivity contribution in [2.75, 3.05) is 0 Å². The maximum absolute atomic E-state index is 12.3. The van der Waals surface area contributed by atoms with Crippen LogP contribution in [0.5, 0.6) is 0 Å². The summed E-state index contributed by atoms with van der Waals surface area (Å²) in [5.74, 6) is 0.0103. The van der Waals surface area contributed by atoms with E-state index in [4.69, 9.17) is 0 Å². The van der Waals surface area contributed by atoms with Gasteiger partial charge in [0, 0.05) is 6.07 Å². The standard InChI is InChI=1S/C9H7F3N4O/c1-5-2-3-7(14-13-5)16-8(17)4-6(15-16)9(10,11)12/h2-4,15H,1H3. The van der Waals surface area contributed by atoms with Crippen molar-refractivity contribution in [3.8, 4) is 5.82 Å². The molecule has 0 saturated carbocycles. The highest BCUT2D eigenvalue weighted by Gasteiger charge is 2.33. The first-order valence-electron chi connectivity index (χ1n) is 4.58. The quantitative estimate of drug-likeness (QED) is 0.821. The largest absolute Gasteiger partial charge is 0.432 e. The van der Waals surface area contributed by atoms with Gasteiger partial charge in [-0.05, 0) is 19.1 Å². The predicted octanol–water partition coefficient (Wildman–Crippen LogP) is 1.28. The molecule has 0 atom stereocenters. The summed E-state index contributed by atoms with van der Waals surface area (Å²) in [7, 11) is 0. The van der Waals surface area contributed by atoms with Crippen molar-refractivity contribution in [1.29, 1.82) is 0 Å². The molecule has 2 aromatic rings. The van der Waals surface area contributed by atoms with Gasteiger partial charge in [0.1, 0.15) is 5.69 Å². The number of H-pyrrole nitrogens is 1. The molecule has 1 N–H and O–H groups in total. The maximum atomic E-state index is 12.3. The lowest BCUT2D eigenvalue weighted by atomic mass is 10.4. The van der Waals surface area contributed by atoms with E-state index < -0.39 is 17.4 Å². The molecule has 2 aromatic heterocycles. The number of nitrogens with zero attached hydrogens (tertiary/aromatic N) is 3. The van der Waals surface area contributed by atoms with Gasteiger partial charge >= 0.3 is 6.18 Å². The number of halogens is 3. The zero-order valence-electron chi connectivity index (χ0n) is 8.62. The molecule has 2 rings (SSSR count). The fraction of sp³-hybridized carbons (Fsp3) is 0.222. The highest BCUT2D eigenvalue weighted by Crippen LogP contribution is 2.26. The summed E-state index contributed by atoms with van der Waals surface area (Å²) in [6.45, 7) is 1.68. The fourth-order valence-corrected chi connectivity index (χ4v) is 1.22. The lowest BCUT2D eigenvalue weighted by Gasteiger charge is -2.03. The van der Waals surface area contributed by atoms with Crippen LogP contribution in [0.3, 0.4) is 0 Å². The van der Waals surface area contributed by atoms with Gasteiger partial charge in [-0.1, -0.05) is 0 Å². The Morgan fingerprint density at radius 1 is 1.29 bits per heavy atom. The van der Waals surface area contributed by atoms with Crippen LogP contribution in [0.15, 0.2) is 23.0 Å². The smallest absolute Gasteiger partial charge is 0.285 e. The second-order valence-corrected chi connectivity index (χ2v) is 3.37. The van der Waals surface area contributed by atoms with Crippen LogP contribution in [0, 0.1) is 6.92 Å². The minimum Gasteiger partial charge on any atom is -0.285 e. The zero-order valence-corrected chi connectivity index (χ0v) is 8.62. The summed E-state index contributed by atoms with van der Waals surface area (Å²) < 4.78 is 37.7. The average molecular weight is 244 g/mol. The van der Waals surface area contributed by atoms with Crippen molar-refractivity contribution < 1.29 is 13.2 Å². The Balaban J connectivity index is 2.50. The minimum atomic E-state index is -4.59. The molecular weight excluding hydrogens is 237 g/mol. The number of aromatic nitrogens is 4. The van der Waals surface area contributed by atoms with E-state index in [0.29, 0.717) is 16.4 Å². The van der Waals surface area contributed by atoms with Gasteiger partial charge in [0.05, 0.1) is 5.69 Å². The minimum absolute atomic E-state index is 0.0103. The van der Waals surface area contributed by atoms with Crippen molar-refractivity contribution in [2.24, 2.45) is 0 Å². The van der Waals surface area contributed by atoms with E-state index in [0.717, 1.165) is 0 Å². The number of hydrogen-bond acceptors (Lipinski definition) is 3. The summed E-state index contributed by atoms with van der Waals surface area (Å²) in [5, 5.41) is 9.21. The summed E-state index contributed by atoms with van der Waals surface area (Å²) in [6.07, 6.45) is -4.59. The van der Waals surface area contributed by atoms with Gasteiger partial charge in [-0.25, -0.2) is 0 Å². The van der Waals surface area contributed by atoms with Crippen molar-refractivity contribution in [3.63, 3.8) is 0 Å². The van der Waals surface area contributed by atoms with E-state index in [1.54, 1.807) is 13.0 Å². The molecule has 0 saturated heterocycles. The second-order valence-electron chi connectivity index (χ2n) is 3.37. The normalized spacial score (nSPS) is 11.8. The summed E-state index contributed by atoms with van der Waals surface area (Å²) in [5.41, 5.74) is -1.36. The van der Waals surface area contributed by atoms with Gasteiger partial charge in [-0.3, -0.25) is 9.89 Å². The molecule has 0 aliphatic carbocycles. The van der Waals surface area contributed by atoms with Gasteiger partial charge in [0.2, 0.25) is 0 Å². The van der Waals surface area contributed by atoms with Crippen LogP contribution in [0.25, 0.3) is 5.82 Å². The molecule has 0 unspecified atom stereocenters. The van der Waals surface area contributed by atoms with Crippen LogP contribution >= 0.6 is 0 Å². The number of aromatic amines is 1. The molecule has 90 valence electrons. The number of hydrogen-bond donors (Lipinski definition) is 1. The van der Waals surface area contributed by atoms with Gasteiger partial charge < -0.3 is 0 Å². The van der Waals surface area contributed by atoms with Crippen molar-refractivity contribution in [1.82, 2.24) is 20.0 Å². The third-order valence-electron chi connectivity index (χ3n) is 2.04. The zero-order chi connectivity index (χ0) is 12.6. The van der Waals surface area contributed by atoms with Gasteiger partial charge in [-0.2, -0.15) is 23.0 Å². The third-order valence-corrected chi connectivity index (χ3v) is 2.04. The fourth-order valence-electron chi connectivity index (χ4n) is 1.22. The molecule has 0 radical (unpaired) electrons. The molecular formula is C9H7F3N4O. The van der Waals surface area contributed by atoms with E-state index in [-0.39, 0.29) is 5.82 Å². The average Bonchev–Trinajstić information content (AvgIpc) is 2.61. The lowest BCUT2D eigenvalue weighted by molar-refractivity contribution is -0.141. The molecule has 2 heterocycles. The molecule has 0 bridgehead atoms. The van der Waals surface area contributed by atoms with Gasteiger partial charge in [-0.15, -0.1) is 5.10 Å². The maximum Gasteiger partial charge on any atom is 0.432 e. The number of nitrogens with one attached hydrogen (secondary N) is 1. The Morgan fingerprint density at radius 2 is 2.00 bits per heavy atom. The Kier molecular flexibility index (Phi) is 2.49. The van der Waals surface area contributed by atoms with Crippen LogP contribution < -0.4 is 5.56 Å². The first-order valence-corrected chi connectivity index (χ1v) is 4.58. The number of alkyl halides is 3. The second kappa shape index (κ2) is 3.72. The van der Waals surface area contributed by atoms with E-state index in [9.17, 15) is 18.0 Å². The Labute approximate surface area is 92.9 Å². The molecule has 0 aliphatic heterocycles. The Hall–Kier alpha value is -2.12. The van der Waals surface area contributed by atoms with Crippen LogP contribution in [0.4, 0.5) is 13.2 Å². The topological polar surface area (TPSA) is 63.6 Å². The Bertz CT molecular complexity index is 582. The first kappa shape index (κ1) is 11.4. The van der Waals surface area contributed by atoms with Gasteiger partial charge in [0.15, 0.2) is 5.82 Å². The van der Waals surface area contributed by atoms with Gasteiger partial charge in [0.25, 0.3) is 5.56 Å². The molecule has 0 fully saturated rings. The van der Waals surface area contributed by atoms with Crippen molar-refractivity contribution >= 4 is 0 Å². The molecule has 0 aliphatic rings. The van der Waals surface area contributed by atoms with Crippen molar-refractivity contribution in [3.05, 3.63) is 39.9 Å². The Morgan fingerprint density at radius 3 is 2.47 bits per heavy atom. The molecule has 8 heteroatoms. The van der Waals surface area contributed by atoms with Crippen LogP contribution in [0.2, 0.25) is 0 Å². The molecule has 0 spiro atoms. The lowest BCUT2D eigenvalue weighted by Crippen LogP contribution is -2.15. The molecule has 0 aromatic carbocycles. The molecule has 5 nitrogen and oxygen atoms in total. The van der Waals surface area contributed by atoms with Crippen molar-refractivity contribution in [2.45, 2.75) is 13.1 Å². The van der Waals surface area contributed by atoms with E-state index >= 15 is 0 Å². The monoisotopic (exact) mass is 244 g/mol. The molecule has 17 heavy (non-hydrogen) atoms. The summed E-state index contributed by atoms with van der Waals surface area (Å²) in [6, 6.07) is 3.42. The van der Waals surface area contributed by atoms with E-state index in [1.807, 2.05) is 5.10 Å². The summed E-state index contributed by atoms with van der Waals surface area (Å²) in [4.78, 5) is 11.3. The van der Waals surface area contributed by atoms with Crippen LogP contribution in [-0.2, 0) is 6.18 Å². The third kappa shape index (κ3) is 2.19. The van der Waals surface area contributed by atoms with Crippen LogP contribution in [-0.4, -0.2) is 20.0 Å². The predicted molar refractivity (Wildman–Crippen MR) is 51.7 cm³/mol.